The largest absolute Gasteiger partial charge is 0.384 e. The molecule has 4 rings (SSSR count). The molecule has 0 spiro atoms. The van der Waals surface area contributed by atoms with E-state index in [1.165, 1.54) is 53.3 Å². The summed E-state index contributed by atoms with van der Waals surface area (Å²) in [6.07, 6.45) is 2.94. The molecule has 0 aliphatic rings. The van der Waals surface area contributed by atoms with Gasteiger partial charge in [-0.05, 0) is 38.1 Å². The zero-order valence-electron chi connectivity index (χ0n) is 15.6. The van der Waals surface area contributed by atoms with Gasteiger partial charge in [0.1, 0.15) is 17.2 Å². The number of benzene rings is 2. The van der Waals surface area contributed by atoms with E-state index in [1.807, 2.05) is 0 Å². The number of fused-ring (bicyclic) bond motifs is 1. The molecule has 0 atom stereocenters. The van der Waals surface area contributed by atoms with E-state index in [-0.39, 0.29) is 22.6 Å². The molecule has 2 heterocycles. The van der Waals surface area contributed by atoms with Crippen LogP contribution >= 0.6 is 0 Å². The van der Waals surface area contributed by atoms with E-state index < -0.39 is 17.2 Å². The zero-order valence-corrected chi connectivity index (χ0v) is 15.6. The molecule has 0 saturated carbocycles. The van der Waals surface area contributed by atoms with Gasteiger partial charge in [0.2, 0.25) is 0 Å². The number of aromatic nitrogens is 4. The topological polar surface area (TPSA) is 67.7 Å². The van der Waals surface area contributed by atoms with Crippen molar-refractivity contribution < 1.29 is 13.9 Å². The molecule has 2 aromatic carbocycles. The summed E-state index contributed by atoms with van der Waals surface area (Å²) in [4.78, 5) is 11.8. The van der Waals surface area contributed by atoms with Crippen LogP contribution in [0.3, 0.4) is 0 Å². The summed E-state index contributed by atoms with van der Waals surface area (Å²) in [5.41, 5.74) is 0.123. The summed E-state index contributed by atoms with van der Waals surface area (Å²) in [5.74, 6) is -1.06. The van der Waals surface area contributed by atoms with E-state index in [1.54, 1.807) is 13.8 Å². The lowest BCUT2D eigenvalue weighted by molar-refractivity contribution is 0.0734. The number of aliphatic hydroxyl groups is 1. The Morgan fingerprint density at radius 3 is 2.62 bits per heavy atom. The van der Waals surface area contributed by atoms with Crippen molar-refractivity contribution in [1.29, 1.82) is 0 Å². The first-order valence-corrected chi connectivity index (χ1v) is 8.69. The van der Waals surface area contributed by atoms with Crippen molar-refractivity contribution in [3.05, 3.63) is 77.5 Å². The molecule has 0 saturated heterocycles. The van der Waals surface area contributed by atoms with Gasteiger partial charge in [0.15, 0.2) is 5.69 Å². The second kappa shape index (κ2) is 6.72. The van der Waals surface area contributed by atoms with Crippen LogP contribution in [-0.2, 0) is 5.60 Å². The fourth-order valence-corrected chi connectivity index (χ4v) is 3.02. The van der Waals surface area contributed by atoms with Gasteiger partial charge in [0, 0.05) is 16.7 Å². The van der Waals surface area contributed by atoms with Crippen molar-refractivity contribution in [2.45, 2.75) is 19.4 Å². The molecule has 144 valence electrons. The van der Waals surface area contributed by atoms with Crippen LogP contribution in [0, 0.1) is 18.2 Å². The van der Waals surface area contributed by atoms with Gasteiger partial charge in [-0.2, -0.15) is 9.61 Å². The number of hydrogen-bond donors (Lipinski definition) is 1. The molecule has 4 aromatic rings. The van der Waals surface area contributed by atoms with Crippen LogP contribution in [-0.4, -0.2) is 24.7 Å². The van der Waals surface area contributed by atoms with Gasteiger partial charge in [-0.1, -0.05) is 12.1 Å². The molecular formula is C21H15F2N5O. The van der Waals surface area contributed by atoms with Gasteiger partial charge in [-0.25, -0.2) is 23.6 Å². The second-order valence-electron chi connectivity index (χ2n) is 7.00. The van der Waals surface area contributed by atoms with Crippen molar-refractivity contribution in [2.24, 2.45) is 0 Å². The first kappa shape index (κ1) is 18.7. The average Bonchev–Trinajstić information content (AvgIpc) is 3.11. The highest BCUT2D eigenvalue weighted by atomic mass is 19.1. The smallest absolute Gasteiger partial charge is 0.251 e. The third-order valence-electron chi connectivity index (χ3n) is 4.51. The minimum Gasteiger partial charge on any atom is -0.384 e. The molecule has 0 radical (unpaired) electrons. The normalized spacial score (nSPS) is 11.6. The minimum atomic E-state index is -1.18. The van der Waals surface area contributed by atoms with Gasteiger partial charge in [-0.3, -0.25) is 0 Å². The van der Waals surface area contributed by atoms with Gasteiger partial charge in [0.25, 0.3) is 5.78 Å². The number of hydrogen-bond acceptors (Lipinski definition) is 4. The van der Waals surface area contributed by atoms with Crippen LogP contribution in [0.5, 0.6) is 0 Å². The standard InChI is InChI=1S/C21H15F2N5O/c1-21(2,29)18-11-26-28-17(10-25-20(28)27-18)12-7-8-14(22)13(9-12)19-15(23)5-4-6-16(19)24-3/h4-11,29H,1-2H3. The number of halogens is 2. The second-order valence-corrected chi connectivity index (χ2v) is 7.00. The first-order valence-electron chi connectivity index (χ1n) is 8.69. The van der Waals surface area contributed by atoms with Crippen LogP contribution in [0.25, 0.3) is 33.0 Å². The Labute approximate surface area is 164 Å². The van der Waals surface area contributed by atoms with E-state index in [4.69, 9.17) is 6.57 Å². The van der Waals surface area contributed by atoms with Crippen LogP contribution in [0.15, 0.2) is 48.8 Å². The monoisotopic (exact) mass is 391 g/mol. The third-order valence-corrected chi connectivity index (χ3v) is 4.51. The highest BCUT2D eigenvalue weighted by molar-refractivity contribution is 5.82. The van der Waals surface area contributed by atoms with Crippen LogP contribution in [0.4, 0.5) is 14.5 Å². The van der Waals surface area contributed by atoms with E-state index in [9.17, 15) is 13.9 Å². The highest BCUT2D eigenvalue weighted by Gasteiger charge is 2.21. The number of nitrogens with zero attached hydrogens (tertiary/aromatic N) is 5. The number of rotatable bonds is 3. The van der Waals surface area contributed by atoms with Crippen molar-refractivity contribution in [3.63, 3.8) is 0 Å². The maximum absolute atomic E-state index is 14.5. The quantitative estimate of drug-likeness (QED) is 0.522. The van der Waals surface area contributed by atoms with E-state index in [0.29, 0.717) is 17.0 Å². The molecule has 0 aliphatic heterocycles. The minimum absolute atomic E-state index is 0.0220. The summed E-state index contributed by atoms with van der Waals surface area (Å²) < 4.78 is 30.4. The van der Waals surface area contributed by atoms with Crippen molar-refractivity contribution in [1.82, 2.24) is 19.6 Å². The van der Waals surface area contributed by atoms with E-state index in [0.717, 1.165) is 0 Å². The predicted molar refractivity (Wildman–Crippen MR) is 103 cm³/mol. The maximum atomic E-state index is 14.5. The van der Waals surface area contributed by atoms with Crippen LogP contribution < -0.4 is 0 Å². The lowest BCUT2D eigenvalue weighted by atomic mass is 9.99. The Kier molecular flexibility index (Phi) is 4.32. The Hall–Kier alpha value is -3.70. The first-order chi connectivity index (χ1) is 13.8. The van der Waals surface area contributed by atoms with Gasteiger partial charge in [0.05, 0.1) is 30.4 Å². The van der Waals surface area contributed by atoms with Crippen LogP contribution in [0.2, 0.25) is 0 Å². The molecule has 1 N–H and O–H groups in total. The fraction of sp³-hybridized carbons (Fsp3) is 0.143. The van der Waals surface area contributed by atoms with Gasteiger partial charge >= 0.3 is 0 Å². The van der Waals surface area contributed by atoms with Crippen molar-refractivity contribution in [3.8, 4) is 22.4 Å². The highest BCUT2D eigenvalue weighted by Crippen LogP contribution is 2.36. The Balaban J connectivity index is 1.89. The van der Waals surface area contributed by atoms with Gasteiger partial charge < -0.3 is 5.11 Å². The summed E-state index contributed by atoms with van der Waals surface area (Å²) >= 11 is 0. The molecule has 0 amide bonds. The molecule has 0 fully saturated rings. The molecule has 0 unspecified atom stereocenters. The summed E-state index contributed by atoms with van der Waals surface area (Å²) in [6, 6.07) is 8.23. The SMILES string of the molecule is [C-]#[N+]c1cccc(F)c1-c1cc(-c2cnc3nc(C(C)(C)O)cnn23)ccc1F. The average molecular weight is 391 g/mol. The Morgan fingerprint density at radius 2 is 1.90 bits per heavy atom. The summed E-state index contributed by atoms with van der Waals surface area (Å²) in [6.45, 7) is 10.4. The zero-order chi connectivity index (χ0) is 20.8. The van der Waals surface area contributed by atoms with E-state index in [2.05, 4.69) is 19.9 Å². The maximum Gasteiger partial charge on any atom is 0.251 e. The van der Waals surface area contributed by atoms with Gasteiger partial charge in [-0.15, -0.1) is 0 Å². The number of imidazole rings is 1. The van der Waals surface area contributed by atoms with Crippen LogP contribution in [0.1, 0.15) is 19.5 Å². The predicted octanol–water partition coefficient (Wildman–Crippen LogP) is 4.51. The Bertz CT molecular complexity index is 1280. The molecule has 6 nitrogen and oxygen atoms in total. The molecular weight excluding hydrogens is 376 g/mol. The molecule has 0 aliphatic carbocycles. The lowest BCUT2D eigenvalue weighted by Gasteiger charge is -2.15. The van der Waals surface area contributed by atoms with Crippen molar-refractivity contribution >= 4 is 11.5 Å². The third kappa shape index (κ3) is 3.22. The molecule has 29 heavy (non-hydrogen) atoms. The van der Waals surface area contributed by atoms with Crippen molar-refractivity contribution in [2.75, 3.05) is 0 Å². The summed E-state index contributed by atoms with van der Waals surface area (Å²) in [7, 11) is 0. The fourth-order valence-electron chi connectivity index (χ4n) is 3.02. The molecule has 8 heteroatoms. The summed E-state index contributed by atoms with van der Waals surface area (Å²) in [5, 5.41) is 14.4. The van der Waals surface area contributed by atoms with E-state index >= 15 is 0 Å². The molecule has 2 aromatic heterocycles. The Morgan fingerprint density at radius 1 is 1.10 bits per heavy atom. The lowest BCUT2D eigenvalue weighted by Crippen LogP contribution is -2.19. The molecule has 0 bridgehead atoms.